The summed E-state index contributed by atoms with van der Waals surface area (Å²) in [6, 6.07) is 5.55. The van der Waals surface area contributed by atoms with E-state index in [1.807, 2.05) is 12.1 Å². The normalized spacial score (nSPS) is 19.5. The second-order valence-electron chi connectivity index (χ2n) is 5.63. The van der Waals surface area contributed by atoms with Crippen molar-refractivity contribution in [3.8, 4) is 0 Å². The fourth-order valence-electron chi connectivity index (χ4n) is 2.85. The molecule has 2 aliphatic rings. The summed E-state index contributed by atoms with van der Waals surface area (Å²) < 4.78 is 10.7. The maximum absolute atomic E-state index is 11.9. The number of benzene rings is 1. The third-order valence-corrected chi connectivity index (χ3v) is 4.04. The lowest BCUT2D eigenvalue weighted by atomic mass is 10.1. The summed E-state index contributed by atoms with van der Waals surface area (Å²) in [4.78, 5) is 25.4. The fraction of sp³-hybridized carbons (Fsp3) is 0.412. The molecule has 2 amide bonds. The van der Waals surface area contributed by atoms with Crippen LogP contribution in [0.1, 0.15) is 12.0 Å². The monoisotopic (exact) mass is 316 g/mol. The Morgan fingerprint density at radius 1 is 1.48 bits per heavy atom. The molecule has 122 valence electrons. The molecule has 0 aromatic heterocycles. The third-order valence-electron chi connectivity index (χ3n) is 4.04. The molecule has 6 heteroatoms. The van der Waals surface area contributed by atoms with Crippen molar-refractivity contribution in [3.05, 3.63) is 36.4 Å². The van der Waals surface area contributed by atoms with Crippen molar-refractivity contribution in [2.45, 2.75) is 18.9 Å². The molecule has 2 aliphatic heterocycles. The Bertz CT molecular complexity index is 623. The van der Waals surface area contributed by atoms with Crippen molar-refractivity contribution in [1.29, 1.82) is 0 Å². The second kappa shape index (κ2) is 6.93. The van der Waals surface area contributed by atoms with Gasteiger partial charge in [-0.25, -0.2) is 0 Å². The minimum absolute atomic E-state index is 0.0132. The number of carbonyl (C=O) groups is 2. The van der Waals surface area contributed by atoms with Gasteiger partial charge in [0, 0.05) is 24.5 Å². The zero-order valence-electron chi connectivity index (χ0n) is 12.9. The Morgan fingerprint density at radius 3 is 3.09 bits per heavy atom. The average Bonchev–Trinajstić information content (AvgIpc) is 3.21. The van der Waals surface area contributed by atoms with E-state index in [4.69, 9.17) is 9.47 Å². The third kappa shape index (κ3) is 3.60. The molecule has 0 spiro atoms. The second-order valence-corrected chi connectivity index (χ2v) is 5.63. The highest BCUT2D eigenvalue weighted by Gasteiger charge is 2.23. The van der Waals surface area contributed by atoms with Crippen LogP contribution in [0.4, 0.5) is 11.4 Å². The number of nitrogens with one attached hydrogen (secondary N) is 1. The van der Waals surface area contributed by atoms with Crippen molar-refractivity contribution in [3.63, 3.8) is 0 Å². The van der Waals surface area contributed by atoms with E-state index in [0.717, 1.165) is 24.1 Å². The SMILES string of the molecule is C=CC(=O)N1CCc2cc(NC(=O)CO[C@@H]3CCOC3)ccc21. The van der Waals surface area contributed by atoms with Gasteiger partial charge in [-0.3, -0.25) is 9.59 Å². The predicted molar refractivity (Wildman–Crippen MR) is 86.5 cm³/mol. The molecule has 3 rings (SSSR count). The number of ether oxygens (including phenoxy) is 2. The van der Waals surface area contributed by atoms with E-state index in [1.165, 1.54) is 6.08 Å². The molecular formula is C17H20N2O4. The van der Waals surface area contributed by atoms with Gasteiger partial charge in [0.15, 0.2) is 0 Å². The molecule has 2 heterocycles. The van der Waals surface area contributed by atoms with E-state index in [9.17, 15) is 9.59 Å². The number of carbonyl (C=O) groups excluding carboxylic acids is 2. The summed E-state index contributed by atoms with van der Waals surface area (Å²) >= 11 is 0. The molecule has 23 heavy (non-hydrogen) atoms. The van der Waals surface area contributed by atoms with Gasteiger partial charge in [-0.2, -0.15) is 0 Å². The van der Waals surface area contributed by atoms with Crippen LogP contribution in [0.25, 0.3) is 0 Å². The number of fused-ring (bicyclic) bond motifs is 1. The van der Waals surface area contributed by atoms with Gasteiger partial charge in [-0.1, -0.05) is 6.58 Å². The minimum atomic E-state index is -0.186. The topological polar surface area (TPSA) is 67.9 Å². The Balaban J connectivity index is 1.58. The van der Waals surface area contributed by atoms with Crippen LogP contribution in [-0.2, 0) is 25.5 Å². The number of amides is 2. The average molecular weight is 316 g/mol. The summed E-state index contributed by atoms with van der Waals surface area (Å²) in [6.07, 6.45) is 2.93. The molecule has 0 radical (unpaired) electrons. The lowest BCUT2D eigenvalue weighted by molar-refractivity contribution is -0.122. The van der Waals surface area contributed by atoms with Crippen LogP contribution in [0.3, 0.4) is 0 Å². The molecule has 0 unspecified atom stereocenters. The lowest BCUT2D eigenvalue weighted by Gasteiger charge is -2.15. The van der Waals surface area contributed by atoms with Gasteiger partial charge in [0.05, 0.1) is 12.7 Å². The Kier molecular flexibility index (Phi) is 4.73. The molecule has 1 aromatic carbocycles. The first-order chi connectivity index (χ1) is 11.2. The zero-order valence-corrected chi connectivity index (χ0v) is 12.9. The molecule has 1 N–H and O–H groups in total. The molecule has 0 aliphatic carbocycles. The summed E-state index contributed by atoms with van der Waals surface area (Å²) in [6.45, 7) is 5.42. The summed E-state index contributed by atoms with van der Waals surface area (Å²) in [5, 5.41) is 2.83. The van der Waals surface area contributed by atoms with Crippen molar-refractivity contribution in [2.75, 3.05) is 36.6 Å². The highest BCUT2D eigenvalue weighted by Crippen LogP contribution is 2.30. The zero-order chi connectivity index (χ0) is 16.2. The van der Waals surface area contributed by atoms with Crippen LogP contribution < -0.4 is 10.2 Å². The van der Waals surface area contributed by atoms with Gasteiger partial charge < -0.3 is 19.7 Å². The molecule has 1 atom stereocenters. The van der Waals surface area contributed by atoms with Crippen LogP contribution in [0, 0.1) is 0 Å². The first-order valence-corrected chi connectivity index (χ1v) is 7.73. The fourth-order valence-corrected chi connectivity index (χ4v) is 2.85. The van der Waals surface area contributed by atoms with Crippen LogP contribution >= 0.6 is 0 Å². The molecule has 1 fully saturated rings. The smallest absolute Gasteiger partial charge is 0.250 e. The van der Waals surface area contributed by atoms with Gasteiger partial charge in [0.1, 0.15) is 6.61 Å². The number of rotatable bonds is 5. The van der Waals surface area contributed by atoms with Crippen LogP contribution in [0.15, 0.2) is 30.9 Å². The van der Waals surface area contributed by atoms with E-state index in [1.54, 1.807) is 11.0 Å². The molecular weight excluding hydrogens is 296 g/mol. The Morgan fingerprint density at radius 2 is 2.35 bits per heavy atom. The number of hydrogen-bond acceptors (Lipinski definition) is 4. The van der Waals surface area contributed by atoms with Crippen molar-refractivity contribution in [1.82, 2.24) is 0 Å². The Labute approximate surface area is 135 Å². The molecule has 0 saturated carbocycles. The highest BCUT2D eigenvalue weighted by atomic mass is 16.5. The number of nitrogens with zero attached hydrogens (tertiary/aromatic N) is 1. The standard InChI is InChI=1S/C17H20N2O4/c1-2-17(21)19-7-5-12-9-13(3-4-15(12)19)18-16(20)11-23-14-6-8-22-10-14/h2-4,9,14H,1,5-8,10-11H2,(H,18,20)/t14-/m1/s1. The van der Waals surface area contributed by atoms with Crippen LogP contribution in [-0.4, -0.2) is 44.3 Å². The van der Waals surface area contributed by atoms with Gasteiger partial charge in [-0.15, -0.1) is 0 Å². The van der Waals surface area contributed by atoms with Crippen LogP contribution in [0.5, 0.6) is 0 Å². The van der Waals surface area contributed by atoms with Crippen molar-refractivity contribution < 1.29 is 19.1 Å². The quantitative estimate of drug-likeness (QED) is 0.836. The molecule has 0 bridgehead atoms. The largest absolute Gasteiger partial charge is 0.379 e. The van der Waals surface area contributed by atoms with Crippen molar-refractivity contribution >= 4 is 23.2 Å². The summed E-state index contributed by atoms with van der Waals surface area (Å²) in [5.74, 6) is -0.290. The maximum Gasteiger partial charge on any atom is 0.250 e. The lowest BCUT2D eigenvalue weighted by Crippen LogP contribution is -2.26. The van der Waals surface area contributed by atoms with Crippen molar-refractivity contribution in [2.24, 2.45) is 0 Å². The van der Waals surface area contributed by atoms with E-state index in [-0.39, 0.29) is 24.5 Å². The Hall–Kier alpha value is -2.18. The summed E-state index contributed by atoms with van der Waals surface area (Å²) in [7, 11) is 0. The number of anilines is 2. The minimum Gasteiger partial charge on any atom is -0.379 e. The molecule has 1 aromatic rings. The first-order valence-electron chi connectivity index (χ1n) is 7.73. The maximum atomic E-state index is 11.9. The highest BCUT2D eigenvalue weighted by molar-refractivity contribution is 6.03. The van der Waals surface area contributed by atoms with E-state index < -0.39 is 0 Å². The van der Waals surface area contributed by atoms with Gasteiger partial charge in [0.2, 0.25) is 11.8 Å². The van der Waals surface area contributed by atoms with Gasteiger partial charge in [0.25, 0.3) is 0 Å². The van der Waals surface area contributed by atoms with E-state index >= 15 is 0 Å². The van der Waals surface area contributed by atoms with E-state index in [2.05, 4.69) is 11.9 Å². The van der Waals surface area contributed by atoms with Gasteiger partial charge >= 0.3 is 0 Å². The predicted octanol–water partition coefficient (Wildman–Crippen LogP) is 1.51. The molecule has 1 saturated heterocycles. The van der Waals surface area contributed by atoms with Gasteiger partial charge in [-0.05, 0) is 42.7 Å². The number of hydrogen-bond donors (Lipinski definition) is 1. The van der Waals surface area contributed by atoms with E-state index in [0.29, 0.717) is 25.4 Å². The summed E-state index contributed by atoms with van der Waals surface area (Å²) in [5.41, 5.74) is 2.64. The first kappa shape index (κ1) is 15.7. The van der Waals surface area contributed by atoms with Crippen LogP contribution in [0.2, 0.25) is 0 Å². The molecule has 6 nitrogen and oxygen atoms in total.